The van der Waals surface area contributed by atoms with E-state index in [9.17, 15) is 19.2 Å². The number of hydrogen-bond acceptors (Lipinski definition) is 5. The molecular weight excluding hydrogens is 590 g/mol. The molecule has 0 fully saturated rings. The van der Waals surface area contributed by atoms with Gasteiger partial charge in [-0.3, -0.25) is 9.59 Å². The monoisotopic (exact) mass is 617 g/mol. The Morgan fingerprint density at radius 1 is 0.909 bits per heavy atom. The van der Waals surface area contributed by atoms with Crippen LogP contribution >= 0.6 is 23.1 Å². The predicted octanol–water partition coefficient (Wildman–Crippen LogP) is 8.76. The number of nitrogens with one attached hydrogen (secondary N) is 2. The summed E-state index contributed by atoms with van der Waals surface area (Å²) < 4.78 is 13.3. The number of hydrogen-bond donors (Lipinski definition) is 2. The van der Waals surface area contributed by atoms with Gasteiger partial charge < -0.3 is 10.6 Å². The van der Waals surface area contributed by atoms with Gasteiger partial charge in [0.15, 0.2) is 0 Å². The average Bonchev–Trinajstić information content (AvgIpc) is 3.40. The Bertz CT molecular complexity index is 1830. The van der Waals surface area contributed by atoms with Crippen LogP contribution < -0.4 is 10.6 Å². The quantitative estimate of drug-likeness (QED) is 0.171. The zero-order chi connectivity index (χ0) is 30.5. The van der Waals surface area contributed by atoms with Crippen LogP contribution in [0.2, 0.25) is 0 Å². The molecule has 0 saturated carbocycles. The summed E-state index contributed by atoms with van der Waals surface area (Å²) in [7, 11) is 0. The third-order valence-electron chi connectivity index (χ3n) is 7.68. The molecule has 1 aromatic heterocycles. The van der Waals surface area contributed by atoms with Gasteiger partial charge in [-0.1, -0.05) is 66.7 Å². The molecule has 44 heavy (non-hydrogen) atoms. The number of thiophene rings is 1. The van der Waals surface area contributed by atoms with E-state index in [1.54, 1.807) is 6.07 Å². The second-order valence-corrected chi connectivity index (χ2v) is 12.8. The van der Waals surface area contributed by atoms with Gasteiger partial charge in [0.1, 0.15) is 22.1 Å². The minimum atomic E-state index is -0.609. The van der Waals surface area contributed by atoms with Gasteiger partial charge >= 0.3 is 0 Å². The number of halogens is 1. The maximum Gasteiger partial charge on any atom is 0.255 e. The molecule has 0 bridgehead atoms. The van der Waals surface area contributed by atoms with Gasteiger partial charge in [0, 0.05) is 21.0 Å². The van der Waals surface area contributed by atoms with E-state index in [2.05, 4.69) is 41.0 Å². The highest BCUT2D eigenvalue weighted by Gasteiger charge is 2.29. The first kappa shape index (κ1) is 29.4. The summed E-state index contributed by atoms with van der Waals surface area (Å²) in [6.07, 6.45) is 2.62. The molecule has 1 heterocycles. The fourth-order valence-electron chi connectivity index (χ4n) is 5.47. The number of nitrogens with zero attached hydrogens (tertiary/aromatic N) is 1. The molecule has 1 aliphatic rings. The second kappa shape index (κ2) is 13.3. The van der Waals surface area contributed by atoms with Crippen molar-refractivity contribution in [3.05, 3.63) is 148 Å². The van der Waals surface area contributed by atoms with Gasteiger partial charge in [-0.2, -0.15) is 5.26 Å². The van der Waals surface area contributed by atoms with Crippen LogP contribution in [0, 0.1) is 17.1 Å². The van der Waals surface area contributed by atoms with E-state index in [4.69, 9.17) is 0 Å². The molecule has 5 nitrogen and oxygen atoms in total. The standard InChI is InChI=1S/C36H28FN3O2S2/c37-27-17-14-25(15-18-27)34(41)39-28-12-7-13-29(21-28)43-33(24-10-5-2-6-11-24)35(42)40-36-31(22-38)30-19-16-26(20-32(30)44-36)23-8-3-1-4-9-23/h1-15,17-18,21,26,33H,16,19-20H2,(H,39,41)(H,40,42). The molecule has 0 spiro atoms. The number of carbonyl (C=O) groups is 2. The van der Waals surface area contributed by atoms with Gasteiger partial charge in [-0.15, -0.1) is 23.1 Å². The van der Waals surface area contributed by atoms with Crippen molar-refractivity contribution in [2.24, 2.45) is 0 Å². The number of fused-ring (bicyclic) bond motifs is 1. The highest BCUT2D eigenvalue weighted by Crippen LogP contribution is 2.43. The van der Waals surface area contributed by atoms with Crippen molar-refractivity contribution >= 4 is 45.6 Å². The number of carbonyl (C=O) groups excluding carboxylic acids is 2. The van der Waals surface area contributed by atoms with Crippen molar-refractivity contribution in [3.63, 3.8) is 0 Å². The number of rotatable bonds is 8. The normalized spacial score (nSPS) is 14.6. The molecule has 0 saturated heterocycles. The molecule has 4 aromatic carbocycles. The van der Waals surface area contributed by atoms with Crippen LogP contribution in [-0.2, 0) is 17.6 Å². The Morgan fingerprint density at radius 3 is 2.36 bits per heavy atom. The summed E-state index contributed by atoms with van der Waals surface area (Å²) in [5.41, 5.74) is 4.63. The molecule has 5 aromatic rings. The highest BCUT2D eigenvalue weighted by molar-refractivity contribution is 8.00. The second-order valence-electron chi connectivity index (χ2n) is 10.6. The summed E-state index contributed by atoms with van der Waals surface area (Å²) in [5.74, 6) is -0.603. The minimum Gasteiger partial charge on any atom is -0.322 e. The Hall–Kier alpha value is -4.71. The zero-order valence-electron chi connectivity index (χ0n) is 23.6. The lowest BCUT2D eigenvalue weighted by atomic mass is 9.83. The van der Waals surface area contributed by atoms with Gasteiger partial charge in [-0.25, -0.2) is 4.39 Å². The molecule has 2 atom stereocenters. The predicted molar refractivity (Wildman–Crippen MR) is 175 cm³/mol. The topological polar surface area (TPSA) is 82.0 Å². The van der Waals surface area contributed by atoms with Crippen molar-refractivity contribution in [1.29, 1.82) is 5.26 Å². The Balaban J connectivity index is 1.22. The lowest BCUT2D eigenvalue weighted by Crippen LogP contribution is -2.19. The molecule has 218 valence electrons. The van der Waals surface area contributed by atoms with E-state index in [-0.39, 0.29) is 11.8 Å². The number of anilines is 2. The van der Waals surface area contributed by atoms with Crippen LogP contribution in [0.1, 0.15) is 55.1 Å². The van der Waals surface area contributed by atoms with Crippen molar-refractivity contribution in [1.82, 2.24) is 0 Å². The average molecular weight is 618 g/mol. The van der Waals surface area contributed by atoms with Gasteiger partial charge in [0.05, 0.1) is 5.56 Å². The maximum absolute atomic E-state index is 13.9. The fraction of sp³-hybridized carbons (Fsp3) is 0.139. The third kappa shape index (κ3) is 6.60. The molecular formula is C36H28FN3O2S2. The van der Waals surface area contributed by atoms with Crippen molar-refractivity contribution in [2.75, 3.05) is 10.6 Å². The lowest BCUT2D eigenvalue weighted by Gasteiger charge is -2.22. The number of benzene rings is 4. The Labute approximate surface area is 263 Å². The number of thioether (sulfide) groups is 1. The van der Waals surface area contributed by atoms with E-state index in [1.807, 2.05) is 54.6 Å². The first-order valence-corrected chi connectivity index (χ1v) is 16.0. The minimum absolute atomic E-state index is 0.225. The summed E-state index contributed by atoms with van der Waals surface area (Å²) in [6.45, 7) is 0. The van der Waals surface area contributed by atoms with Crippen LogP contribution in [0.3, 0.4) is 0 Å². The fourth-order valence-corrected chi connectivity index (χ4v) is 7.83. The largest absolute Gasteiger partial charge is 0.322 e. The third-order valence-corrected chi connectivity index (χ3v) is 10.1. The SMILES string of the molecule is N#Cc1c(NC(=O)C(Sc2cccc(NC(=O)c3ccc(F)cc3)c2)c2ccccc2)sc2c1CCC(c1ccccc1)C2. The molecule has 8 heteroatoms. The zero-order valence-corrected chi connectivity index (χ0v) is 25.3. The Morgan fingerprint density at radius 2 is 1.64 bits per heavy atom. The van der Waals surface area contributed by atoms with Crippen molar-refractivity contribution in [3.8, 4) is 6.07 Å². The van der Waals surface area contributed by atoms with Gasteiger partial charge in [-0.05, 0) is 84.3 Å². The molecule has 2 unspecified atom stereocenters. The van der Waals surface area contributed by atoms with Crippen molar-refractivity contribution < 1.29 is 14.0 Å². The molecule has 2 N–H and O–H groups in total. The molecule has 0 aliphatic heterocycles. The van der Waals surface area contributed by atoms with Crippen LogP contribution in [0.25, 0.3) is 0 Å². The first-order chi connectivity index (χ1) is 21.5. The summed E-state index contributed by atoms with van der Waals surface area (Å²) in [4.78, 5) is 28.6. The smallest absolute Gasteiger partial charge is 0.255 e. The highest BCUT2D eigenvalue weighted by atomic mass is 32.2. The number of amides is 2. The molecule has 0 radical (unpaired) electrons. The molecule has 2 amide bonds. The summed E-state index contributed by atoms with van der Waals surface area (Å²) in [6, 6.07) is 34.9. The number of nitriles is 1. The van der Waals surface area contributed by atoms with Crippen LogP contribution in [0.15, 0.2) is 114 Å². The van der Waals surface area contributed by atoms with Crippen molar-refractivity contribution in [2.45, 2.75) is 35.3 Å². The van der Waals surface area contributed by atoms with Crippen LogP contribution in [0.4, 0.5) is 15.1 Å². The molecule has 1 aliphatic carbocycles. The van der Waals surface area contributed by atoms with E-state index in [0.29, 0.717) is 27.7 Å². The lowest BCUT2D eigenvalue weighted by molar-refractivity contribution is -0.115. The van der Waals surface area contributed by atoms with E-state index in [0.717, 1.165) is 40.2 Å². The van der Waals surface area contributed by atoms with Crippen LogP contribution in [0.5, 0.6) is 0 Å². The summed E-state index contributed by atoms with van der Waals surface area (Å²) >= 11 is 2.87. The van der Waals surface area contributed by atoms with Gasteiger partial charge in [0.2, 0.25) is 5.91 Å². The van der Waals surface area contributed by atoms with E-state index in [1.165, 1.54) is 52.9 Å². The van der Waals surface area contributed by atoms with E-state index < -0.39 is 11.1 Å². The Kier molecular flexibility index (Phi) is 8.87. The van der Waals surface area contributed by atoms with Crippen LogP contribution in [-0.4, -0.2) is 11.8 Å². The first-order valence-electron chi connectivity index (χ1n) is 14.3. The maximum atomic E-state index is 13.9. The van der Waals surface area contributed by atoms with E-state index >= 15 is 0 Å². The molecule has 6 rings (SSSR count). The summed E-state index contributed by atoms with van der Waals surface area (Å²) in [5, 5.41) is 16.0. The van der Waals surface area contributed by atoms with Gasteiger partial charge in [0.25, 0.3) is 5.91 Å².